The second-order valence-electron chi connectivity index (χ2n) is 19.4. The highest BCUT2D eigenvalue weighted by Gasteiger charge is 2.66. The summed E-state index contributed by atoms with van der Waals surface area (Å²) in [6, 6.07) is 0. The fourth-order valence-electron chi connectivity index (χ4n) is 12.2. The maximum Gasteiger partial charge on any atom is 0.220 e. The predicted molar refractivity (Wildman–Crippen MR) is 251 cm³/mol. The van der Waals surface area contributed by atoms with Gasteiger partial charge in [-0.25, -0.2) is 0 Å². The number of ether oxygens (including phenoxy) is 11. The Balaban J connectivity index is 1.44. The topological polar surface area (TPSA) is 212 Å². The van der Waals surface area contributed by atoms with Gasteiger partial charge in [-0.15, -0.1) is 0 Å². The molecule has 0 radical (unpaired) electrons. The van der Waals surface area contributed by atoms with Gasteiger partial charge in [0.1, 0.15) is 0 Å². The molecule has 0 aromatic carbocycles. The van der Waals surface area contributed by atoms with Crippen LogP contribution in [0.3, 0.4) is 0 Å². The quantitative estimate of drug-likeness (QED) is 0.0556. The molecule has 4 aliphatic rings. The highest BCUT2D eigenvalue weighted by molar-refractivity contribution is 5.75. The molecule has 67 heavy (non-hydrogen) atoms. The summed E-state index contributed by atoms with van der Waals surface area (Å²) in [4.78, 5) is 13.2. The van der Waals surface area contributed by atoms with Crippen molar-refractivity contribution in [1.82, 2.24) is 5.32 Å². The van der Waals surface area contributed by atoms with Gasteiger partial charge in [0, 0.05) is 25.0 Å². The van der Waals surface area contributed by atoms with Crippen LogP contribution in [0.2, 0.25) is 0 Å². The van der Waals surface area contributed by atoms with E-state index >= 15 is 0 Å². The first-order chi connectivity index (χ1) is 32.7. The fourth-order valence-corrected chi connectivity index (χ4v) is 12.2. The first-order valence-electron chi connectivity index (χ1n) is 25.9. The molecule has 0 unspecified atom stereocenters. The maximum atomic E-state index is 13.2. The Kier molecular flexibility index (Phi) is 29.9. The van der Waals surface area contributed by atoms with Crippen LogP contribution < -0.4 is 5.32 Å². The lowest BCUT2D eigenvalue weighted by atomic mass is 9.43. The molecule has 0 spiro atoms. The number of fused-ring (bicyclic) bond motifs is 5. The molecule has 4 saturated carbocycles. The third-order valence-electron chi connectivity index (χ3n) is 15.4. The number of rotatable bonds is 41. The Morgan fingerprint density at radius 1 is 0.567 bits per heavy atom. The summed E-state index contributed by atoms with van der Waals surface area (Å²) in [5.74, 6) is 2.36. The first-order valence-corrected chi connectivity index (χ1v) is 25.9. The van der Waals surface area contributed by atoms with Crippen molar-refractivity contribution in [3.05, 3.63) is 0 Å². The van der Waals surface area contributed by atoms with Crippen LogP contribution in [0, 0.1) is 46.3 Å². The molecule has 0 aromatic rings. The second kappa shape index (κ2) is 34.3. The third kappa shape index (κ3) is 19.4. The van der Waals surface area contributed by atoms with E-state index in [0.717, 1.165) is 64.2 Å². The number of hydrogen-bond donors (Lipinski definition) is 5. The van der Waals surface area contributed by atoms with E-state index < -0.39 is 0 Å². The van der Waals surface area contributed by atoms with Crippen LogP contribution in [-0.2, 0) is 56.9 Å². The van der Waals surface area contributed by atoms with Gasteiger partial charge in [-0.05, 0) is 105 Å². The summed E-state index contributed by atoms with van der Waals surface area (Å²) in [6.45, 7) is 16.5. The largest absolute Gasteiger partial charge is 0.394 e. The number of hydrogen-bond acceptors (Lipinski definition) is 16. The Bertz CT molecular complexity index is 1260. The molecule has 5 N–H and O–H groups in total. The minimum Gasteiger partial charge on any atom is -0.394 e. The van der Waals surface area contributed by atoms with Gasteiger partial charge < -0.3 is 77.8 Å². The van der Waals surface area contributed by atoms with E-state index in [1.165, 1.54) is 0 Å². The van der Waals surface area contributed by atoms with Gasteiger partial charge in [0.05, 0.1) is 164 Å². The molecule has 17 heteroatoms. The standard InChI is InChI=1S/C50H93NO16/c1-39(6-9-47(56)51-12-4-5-17-57-22-23-58-18-13-52)42-7-8-43-48-44(38-46(50(42,43)3)67-35-32-64-29-26-61-21-16-55)49(2)11-10-41(65-33-30-62-27-24-59-19-14-53)36-40(49)37-45(48)66-34-31-63-28-25-60-20-15-54/h39-46,48,52-55H,4-38H2,1-3H3,(H,51,56)/t39-,40+,41-,42-,43+,44+,45-,46+,48+,49+,50-/m1/s1. The molecule has 4 aliphatic carbocycles. The predicted octanol–water partition coefficient (Wildman–Crippen LogP) is 3.44. The van der Waals surface area contributed by atoms with Crippen molar-refractivity contribution >= 4 is 5.91 Å². The Morgan fingerprint density at radius 2 is 1.07 bits per heavy atom. The summed E-state index contributed by atoms with van der Waals surface area (Å²) in [5.41, 5.74) is -0.0309. The molecule has 11 atom stereocenters. The molecule has 1 amide bonds. The molecule has 4 fully saturated rings. The Labute approximate surface area is 402 Å². The number of nitrogens with one attached hydrogen (secondary N) is 1. The molecule has 394 valence electrons. The van der Waals surface area contributed by atoms with E-state index in [2.05, 4.69) is 26.1 Å². The van der Waals surface area contributed by atoms with Gasteiger partial charge in [-0.1, -0.05) is 20.8 Å². The van der Waals surface area contributed by atoms with Crippen LogP contribution >= 0.6 is 0 Å². The van der Waals surface area contributed by atoms with Gasteiger partial charge in [0.15, 0.2) is 0 Å². The summed E-state index contributed by atoms with van der Waals surface area (Å²) in [6.07, 6.45) is 10.4. The van der Waals surface area contributed by atoms with Gasteiger partial charge in [-0.3, -0.25) is 4.79 Å². The van der Waals surface area contributed by atoms with E-state index in [-0.39, 0.29) is 61.5 Å². The van der Waals surface area contributed by atoms with Gasteiger partial charge >= 0.3 is 0 Å². The van der Waals surface area contributed by atoms with Crippen LogP contribution in [0.15, 0.2) is 0 Å². The van der Waals surface area contributed by atoms with Crippen LogP contribution in [0.25, 0.3) is 0 Å². The lowest BCUT2D eigenvalue weighted by Crippen LogP contribution is -2.63. The van der Waals surface area contributed by atoms with Crippen molar-refractivity contribution in [2.45, 2.75) is 110 Å². The fraction of sp³-hybridized carbons (Fsp3) is 0.980. The average molecular weight is 964 g/mol. The second-order valence-corrected chi connectivity index (χ2v) is 19.4. The molecule has 0 bridgehead atoms. The smallest absolute Gasteiger partial charge is 0.220 e. The van der Waals surface area contributed by atoms with Crippen LogP contribution in [0.1, 0.15) is 91.4 Å². The maximum absolute atomic E-state index is 13.2. The van der Waals surface area contributed by atoms with E-state index in [1.54, 1.807) is 0 Å². The van der Waals surface area contributed by atoms with E-state index in [9.17, 15) is 4.79 Å². The van der Waals surface area contributed by atoms with Crippen molar-refractivity contribution in [3.63, 3.8) is 0 Å². The molecule has 0 saturated heterocycles. The van der Waals surface area contributed by atoms with Gasteiger partial charge in [-0.2, -0.15) is 0 Å². The highest BCUT2D eigenvalue weighted by atomic mass is 16.6. The Hall–Kier alpha value is -1.13. The molecular weight excluding hydrogens is 871 g/mol. The average Bonchev–Trinajstić information content (AvgIpc) is 3.69. The first kappa shape index (κ1) is 58.4. The number of unbranched alkanes of at least 4 members (excludes halogenated alkanes) is 1. The van der Waals surface area contributed by atoms with Crippen molar-refractivity contribution in [3.8, 4) is 0 Å². The zero-order chi connectivity index (χ0) is 48.0. The van der Waals surface area contributed by atoms with Gasteiger partial charge in [0.2, 0.25) is 5.91 Å². The summed E-state index contributed by atoms with van der Waals surface area (Å²) >= 11 is 0. The molecule has 0 heterocycles. The van der Waals surface area contributed by atoms with Crippen molar-refractivity contribution in [2.24, 2.45) is 46.3 Å². The number of carbonyl (C=O) groups excluding carboxylic acids is 1. The number of aliphatic hydroxyl groups excluding tert-OH is 4. The zero-order valence-corrected chi connectivity index (χ0v) is 41.6. The molecule has 17 nitrogen and oxygen atoms in total. The summed E-state index contributed by atoms with van der Waals surface area (Å²) in [5, 5.41) is 39.1. The lowest BCUT2D eigenvalue weighted by Gasteiger charge is -2.64. The molecule has 4 rings (SSSR count). The Morgan fingerprint density at radius 3 is 1.64 bits per heavy atom. The minimum atomic E-state index is -0.126. The molecule has 0 aromatic heterocycles. The zero-order valence-electron chi connectivity index (χ0n) is 41.6. The van der Waals surface area contributed by atoms with E-state index in [4.69, 9.17) is 72.5 Å². The van der Waals surface area contributed by atoms with Crippen LogP contribution in [0.4, 0.5) is 0 Å². The van der Waals surface area contributed by atoms with Crippen molar-refractivity contribution in [2.75, 3.05) is 159 Å². The number of carbonyl (C=O) groups is 1. The number of aliphatic hydroxyl groups is 4. The molecule has 0 aliphatic heterocycles. The van der Waals surface area contributed by atoms with Crippen LogP contribution in [-0.4, -0.2) is 203 Å². The molecular formula is C50H93NO16. The summed E-state index contributed by atoms with van der Waals surface area (Å²) < 4.78 is 65.2. The monoisotopic (exact) mass is 964 g/mol. The highest BCUT2D eigenvalue weighted by Crippen LogP contribution is 2.69. The summed E-state index contributed by atoms with van der Waals surface area (Å²) in [7, 11) is 0. The van der Waals surface area contributed by atoms with Gasteiger partial charge in [0.25, 0.3) is 0 Å². The normalized spacial score (nSPS) is 29.7. The van der Waals surface area contributed by atoms with Crippen LogP contribution in [0.5, 0.6) is 0 Å². The van der Waals surface area contributed by atoms with Crippen molar-refractivity contribution in [1.29, 1.82) is 0 Å². The van der Waals surface area contributed by atoms with Crippen molar-refractivity contribution < 1.29 is 77.3 Å². The SMILES string of the molecule is C[C@H](CCC(=O)NCCCCOCCOCCO)[C@H]1CC[C@H]2[C@@H]3[C@H](OCCOCCOCCO)C[C@@H]4C[C@H](OCCOCCOCCO)CC[C@]4(C)[C@H]3C[C@H](OCCOCCOCCO)[C@]12C. The van der Waals surface area contributed by atoms with E-state index in [0.29, 0.717) is 174 Å². The lowest BCUT2D eigenvalue weighted by molar-refractivity contribution is -0.230. The minimum absolute atomic E-state index is 0.00615. The third-order valence-corrected chi connectivity index (χ3v) is 15.4. The number of amides is 1. The van der Waals surface area contributed by atoms with E-state index in [1.807, 2.05) is 0 Å².